The van der Waals surface area contributed by atoms with Crippen LogP contribution in [0.25, 0.3) is 0 Å². The van der Waals surface area contributed by atoms with Crippen molar-refractivity contribution in [2.45, 2.75) is 44.6 Å². The minimum atomic E-state index is 0.743. The quantitative estimate of drug-likeness (QED) is 0.751. The molecule has 92 valence electrons. The molecule has 1 aromatic carbocycles. The fraction of sp³-hybridized carbons (Fsp3) is 0.600. The SMILES string of the molecule is Nc1cccc2c1CC(N1CCCCC1)CC2. The number of nitrogens with two attached hydrogens (primary N) is 1. The van der Waals surface area contributed by atoms with E-state index in [9.17, 15) is 0 Å². The number of likely N-dealkylation sites (tertiary alicyclic amines) is 1. The van der Waals surface area contributed by atoms with Gasteiger partial charge in [0.25, 0.3) is 0 Å². The number of hydrogen-bond acceptors (Lipinski definition) is 2. The van der Waals surface area contributed by atoms with Crippen molar-refractivity contribution in [2.75, 3.05) is 18.8 Å². The van der Waals surface area contributed by atoms with Gasteiger partial charge < -0.3 is 10.6 Å². The highest BCUT2D eigenvalue weighted by Crippen LogP contribution is 2.29. The van der Waals surface area contributed by atoms with Crippen LogP contribution in [0.5, 0.6) is 0 Å². The van der Waals surface area contributed by atoms with Crippen molar-refractivity contribution in [2.24, 2.45) is 0 Å². The van der Waals surface area contributed by atoms with E-state index in [2.05, 4.69) is 23.1 Å². The third kappa shape index (κ3) is 2.19. The first-order chi connectivity index (χ1) is 8.34. The Morgan fingerprint density at radius 3 is 2.76 bits per heavy atom. The Labute approximate surface area is 104 Å². The number of anilines is 1. The summed E-state index contributed by atoms with van der Waals surface area (Å²) in [4.78, 5) is 2.69. The molecule has 1 saturated heterocycles. The number of aryl methyl sites for hydroxylation is 1. The number of piperidine rings is 1. The second kappa shape index (κ2) is 4.69. The first-order valence-corrected chi connectivity index (χ1v) is 6.95. The maximum Gasteiger partial charge on any atom is 0.0349 e. The minimum Gasteiger partial charge on any atom is -0.398 e. The Hall–Kier alpha value is -1.02. The highest BCUT2D eigenvalue weighted by Gasteiger charge is 2.26. The maximum absolute atomic E-state index is 6.11. The average molecular weight is 230 g/mol. The van der Waals surface area contributed by atoms with Gasteiger partial charge in [-0.05, 0) is 62.4 Å². The van der Waals surface area contributed by atoms with Gasteiger partial charge in [-0.3, -0.25) is 0 Å². The summed E-state index contributed by atoms with van der Waals surface area (Å²) in [5, 5.41) is 0. The lowest BCUT2D eigenvalue weighted by molar-refractivity contribution is 0.150. The normalized spacial score (nSPS) is 25.5. The Kier molecular flexibility index (Phi) is 3.06. The zero-order valence-corrected chi connectivity index (χ0v) is 10.5. The summed E-state index contributed by atoms with van der Waals surface area (Å²) in [6.45, 7) is 2.60. The number of fused-ring (bicyclic) bond motifs is 1. The molecule has 1 atom stereocenters. The lowest BCUT2D eigenvalue weighted by Gasteiger charge is -2.37. The van der Waals surface area contributed by atoms with Crippen LogP contribution in [-0.4, -0.2) is 24.0 Å². The molecule has 0 amide bonds. The van der Waals surface area contributed by atoms with Crippen LogP contribution in [0, 0.1) is 0 Å². The zero-order valence-electron chi connectivity index (χ0n) is 10.5. The van der Waals surface area contributed by atoms with Crippen molar-refractivity contribution in [3.05, 3.63) is 29.3 Å². The van der Waals surface area contributed by atoms with Gasteiger partial charge in [0.15, 0.2) is 0 Å². The summed E-state index contributed by atoms with van der Waals surface area (Å²) < 4.78 is 0. The molecule has 2 N–H and O–H groups in total. The van der Waals surface area contributed by atoms with E-state index in [1.165, 1.54) is 62.7 Å². The van der Waals surface area contributed by atoms with Gasteiger partial charge in [0.1, 0.15) is 0 Å². The van der Waals surface area contributed by atoms with Crippen LogP contribution in [0.15, 0.2) is 18.2 Å². The molecular formula is C15H22N2. The summed E-state index contributed by atoms with van der Waals surface area (Å²) in [7, 11) is 0. The highest BCUT2D eigenvalue weighted by atomic mass is 15.2. The molecule has 2 nitrogen and oxygen atoms in total. The van der Waals surface area contributed by atoms with Crippen molar-refractivity contribution in [3.63, 3.8) is 0 Å². The molecule has 0 saturated carbocycles. The van der Waals surface area contributed by atoms with E-state index in [1.54, 1.807) is 0 Å². The first kappa shape index (κ1) is 11.1. The molecule has 1 unspecified atom stereocenters. The Balaban J connectivity index is 1.77. The summed E-state index contributed by atoms with van der Waals surface area (Å²) in [5.41, 5.74) is 10.0. The van der Waals surface area contributed by atoms with Crippen LogP contribution < -0.4 is 5.73 Å². The molecule has 0 bridgehead atoms. The number of nitrogens with zero attached hydrogens (tertiary/aromatic N) is 1. The van der Waals surface area contributed by atoms with Gasteiger partial charge in [-0.15, -0.1) is 0 Å². The van der Waals surface area contributed by atoms with Crippen molar-refractivity contribution >= 4 is 5.69 Å². The van der Waals surface area contributed by atoms with Crippen molar-refractivity contribution in [1.29, 1.82) is 0 Å². The predicted octanol–water partition coefficient (Wildman–Crippen LogP) is 2.61. The number of benzene rings is 1. The summed E-state index contributed by atoms with van der Waals surface area (Å²) in [5.74, 6) is 0. The van der Waals surface area contributed by atoms with E-state index in [0.717, 1.165) is 11.7 Å². The maximum atomic E-state index is 6.11. The van der Waals surface area contributed by atoms with Gasteiger partial charge in [0.2, 0.25) is 0 Å². The average Bonchev–Trinajstić information content (AvgIpc) is 2.40. The topological polar surface area (TPSA) is 29.3 Å². The smallest absolute Gasteiger partial charge is 0.0349 e. The molecule has 1 fully saturated rings. The van der Waals surface area contributed by atoms with E-state index in [4.69, 9.17) is 5.73 Å². The molecule has 3 rings (SSSR count). The van der Waals surface area contributed by atoms with Crippen LogP contribution >= 0.6 is 0 Å². The van der Waals surface area contributed by atoms with Crippen LogP contribution in [0.3, 0.4) is 0 Å². The molecule has 2 aliphatic rings. The van der Waals surface area contributed by atoms with E-state index < -0.39 is 0 Å². The Morgan fingerprint density at radius 1 is 1.12 bits per heavy atom. The summed E-state index contributed by atoms with van der Waals surface area (Å²) in [6.07, 6.45) is 7.88. The molecule has 2 heteroatoms. The molecule has 1 aromatic rings. The fourth-order valence-electron chi connectivity index (χ4n) is 3.39. The van der Waals surface area contributed by atoms with Crippen LogP contribution in [0.2, 0.25) is 0 Å². The lowest BCUT2D eigenvalue weighted by Crippen LogP contribution is -2.42. The molecule has 1 aliphatic carbocycles. The molecular weight excluding hydrogens is 208 g/mol. The van der Waals surface area contributed by atoms with Crippen LogP contribution in [0.4, 0.5) is 5.69 Å². The summed E-state index contributed by atoms with van der Waals surface area (Å²) in [6, 6.07) is 7.14. The Bertz CT molecular complexity index is 394. The van der Waals surface area contributed by atoms with Crippen LogP contribution in [-0.2, 0) is 12.8 Å². The van der Waals surface area contributed by atoms with E-state index in [0.29, 0.717) is 0 Å². The first-order valence-electron chi connectivity index (χ1n) is 6.95. The van der Waals surface area contributed by atoms with Gasteiger partial charge in [-0.2, -0.15) is 0 Å². The van der Waals surface area contributed by atoms with Gasteiger partial charge in [-0.1, -0.05) is 18.6 Å². The zero-order chi connectivity index (χ0) is 11.7. The summed E-state index contributed by atoms with van der Waals surface area (Å²) >= 11 is 0. The van der Waals surface area contributed by atoms with Crippen molar-refractivity contribution in [3.8, 4) is 0 Å². The van der Waals surface area contributed by atoms with E-state index >= 15 is 0 Å². The largest absolute Gasteiger partial charge is 0.398 e. The fourth-order valence-corrected chi connectivity index (χ4v) is 3.39. The third-order valence-electron chi connectivity index (χ3n) is 4.40. The van der Waals surface area contributed by atoms with Gasteiger partial charge in [-0.25, -0.2) is 0 Å². The second-order valence-electron chi connectivity index (χ2n) is 5.48. The standard InChI is InChI=1S/C15H22N2/c16-15-6-4-5-12-7-8-13(11-14(12)15)17-9-2-1-3-10-17/h4-6,13H,1-3,7-11,16H2. The number of rotatable bonds is 1. The lowest BCUT2D eigenvalue weighted by atomic mass is 9.86. The van der Waals surface area contributed by atoms with Crippen molar-refractivity contribution < 1.29 is 0 Å². The second-order valence-corrected chi connectivity index (χ2v) is 5.48. The van der Waals surface area contributed by atoms with E-state index in [-0.39, 0.29) is 0 Å². The minimum absolute atomic E-state index is 0.743. The molecule has 0 spiro atoms. The van der Waals surface area contributed by atoms with Gasteiger partial charge in [0.05, 0.1) is 0 Å². The van der Waals surface area contributed by atoms with Crippen molar-refractivity contribution in [1.82, 2.24) is 4.90 Å². The molecule has 1 aliphatic heterocycles. The molecule has 1 heterocycles. The Morgan fingerprint density at radius 2 is 1.94 bits per heavy atom. The monoisotopic (exact) mass is 230 g/mol. The highest BCUT2D eigenvalue weighted by molar-refractivity contribution is 5.52. The number of hydrogen-bond donors (Lipinski definition) is 1. The predicted molar refractivity (Wildman–Crippen MR) is 72.1 cm³/mol. The van der Waals surface area contributed by atoms with E-state index in [1.807, 2.05) is 0 Å². The molecule has 17 heavy (non-hydrogen) atoms. The van der Waals surface area contributed by atoms with Crippen LogP contribution in [0.1, 0.15) is 36.8 Å². The number of nitrogen functional groups attached to an aromatic ring is 1. The molecule has 0 radical (unpaired) electrons. The third-order valence-corrected chi connectivity index (χ3v) is 4.40. The van der Waals surface area contributed by atoms with Gasteiger partial charge in [0, 0.05) is 11.7 Å². The molecule has 0 aromatic heterocycles. The van der Waals surface area contributed by atoms with Gasteiger partial charge >= 0.3 is 0 Å².